The van der Waals surface area contributed by atoms with E-state index in [-0.39, 0.29) is 5.84 Å². The number of nitrogens with zero attached hydrogens (tertiary/aromatic N) is 1. The van der Waals surface area contributed by atoms with Gasteiger partial charge in [0, 0.05) is 17.4 Å². The van der Waals surface area contributed by atoms with E-state index in [4.69, 9.17) is 22.5 Å². The number of hydrogen-bond donors (Lipinski definition) is 3. The topological polar surface area (TPSA) is 70.6 Å². The fourth-order valence-corrected chi connectivity index (χ4v) is 1.55. The Balaban J connectivity index is 2.54. The van der Waals surface area contributed by atoms with Crippen LogP contribution in [0, 0.1) is 0 Å². The van der Waals surface area contributed by atoms with Crippen LogP contribution in [-0.2, 0) is 0 Å². The summed E-state index contributed by atoms with van der Waals surface area (Å²) in [6.45, 7) is 0.562. The second-order valence-electron chi connectivity index (χ2n) is 2.89. The number of anilines is 1. The molecule has 4 N–H and O–H groups in total. The monoisotopic (exact) mass is 291 g/mol. The minimum atomic E-state index is 0.189. The standard InChI is InChI=1S/C9H11BrClN3O/c10-6-1-2-7(11)8(5-6)13-4-3-9(12)14-15/h1-2,5,13,15H,3-4H2,(H2,12,14). The summed E-state index contributed by atoms with van der Waals surface area (Å²) in [4.78, 5) is 0. The summed E-state index contributed by atoms with van der Waals surface area (Å²) in [5.74, 6) is 0.189. The Morgan fingerprint density at radius 2 is 2.33 bits per heavy atom. The molecular weight excluding hydrogens is 281 g/mol. The van der Waals surface area contributed by atoms with Crippen LogP contribution in [0.25, 0.3) is 0 Å². The summed E-state index contributed by atoms with van der Waals surface area (Å²) in [6, 6.07) is 5.52. The zero-order valence-electron chi connectivity index (χ0n) is 7.87. The van der Waals surface area contributed by atoms with Crippen LogP contribution < -0.4 is 11.1 Å². The lowest BCUT2D eigenvalue weighted by atomic mass is 10.3. The molecule has 1 aromatic carbocycles. The van der Waals surface area contributed by atoms with Gasteiger partial charge < -0.3 is 16.3 Å². The molecule has 0 bridgehead atoms. The highest BCUT2D eigenvalue weighted by Gasteiger charge is 2.00. The molecule has 0 amide bonds. The predicted molar refractivity (Wildman–Crippen MR) is 65.7 cm³/mol. The molecule has 0 aliphatic carbocycles. The Labute approximate surface area is 101 Å². The van der Waals surface area contributed by atoms with Crippen molar-refractivity contribution in [1.82, 2.24) is 0 Å². The number of benzene rings is 1. The molecule has 0 radical (unpaired) electrons. The quantitative estimate of drug-likeness (QED) is 0.346. The van der Waals surface area contributed by atoms with Gasteiger partial charge in [0.2, 0.25) is 0 Å². The SMILES string of the molecule is NC(CCNc1cc(Br)ccc1Cl)=NO. The highest BCUT2D eigenvalue weighted by molar-refractivity contribution is 9.10. The maximum absolute atomic E-state index is 8.33. The first-order valence-corrected chi connectivity index (χ1v) is 5.46. The third kappa shape index (κ3) is 3.97. The molecule has 0 aliphatic rings. The Kier molecular flexibility index (Phi) is 4.71. The molecule has 15 heavy (non-hydrogen) atoms. The molecule has 0 atom stereocenters. The van der Waals surface area contributed by atoms with E-state index in [1.165, 1.54) is 0 Å². The third-order valence-electron chi connectivity index (χ3n) is 1.75. The van der Waals surface area contributed by atoms with Crippen molar-refractivity contribution in [3.63, 3.8) is 0 Å². The lowest BCUT2D eigenvalue weighted by Crippen LogP contribution is -2.16. The summed E-state index contributed by atoms with van der Waals surface area (Å²) in [7, 11) is 0. The summed E-state index contributed by atoms with van der Waals surface area (Å²) in [6.07, 6.45) is 0.458. The van der Waals surface area contributed by atoms with E-state index >= 15 is 0 Å². The Hall–Kier alpha value is -0.940. The minimum Gasteiger partial charge on any atom is -0.409 e. The van der Waals surface area contributed by atoms with Crippen LogP contribution in [0.4, 0.5) is 5.69 Å². The predicted octanol–water partition coefficient (Wildman–Crippen LogP) is 2.65. The Bertz CT molecular complexity index is 370. The number of nitrogens with two attached hydrogens (primary N) is 1. The van der Waals surface area contributed by atoms with E-state index in [0.29, 0.717) is 18.0 Å². The summed E-state index contributed by atoms with van der Waals surface area (Å²) in [5, 5.41) is 14.9. The molecule has 0 saturated carbocycles. The van der Waals surface area contributed by atoms with E-state index in [2.05, 4.69) is 26.4 Å². The smallest absolute Gasteiger partial charge is 0.140 e. The van der Waals surface area contributed by atoms with Crippen LogP contribution in [0.3, 0.4) is 0 Å². The summed E-state index contributed by atoms with van der Waals surface area (Å²) >= 11 is 9.29. The normalized spacial score (nSPS) is 11.5. The van der Waals surface area contributed by atoms with Crippen molar-refractivity contribution in [2.75, 3.05) is 11.9 Å². The van der Waals surface area contributed by atoms with Gasteiger partial charge in [-0.05, 0) is 18.2 Å². The fraction of sp³-hybridized carbons (Fsp3) is 0.222. The number of halogens is 2. The molecule has 4 nitrogen and oxygen atoms in total. The van der Waals surface area contributed by atoms with Gasteiger partial charge in [-0.25, -0.2) is 0 Å². The van der Waals surface area contributed by atoms with E-state index in [9.17, 15) is 0 Å². The van der Waals surface area contributed by atoms with Crippen molar-refractivity contribution < 1.29 is 5.21 Å². The molecule has 6 heteroatoms. The van der Waals surface area contributed by atoms with Gasteiger partial charge >= 0.3 is 0 Å². The second-order valence-corrected chi connectivity index (χ2v) is 4.22. The van der Waals surface area contributed by atoms with Gasteiger partial charge in [0.25, 0.3) is 0 Å². The summed E-state index contributed by atoms with van der Waals surface area (Å²) < 4.78 is 0.943. The molecule has 0 fully saturated rings. The lowest BCUT2D eigenvalue weighted by Gasteiger charge is -2.07. The van der Waals surface area contributed by atoms with Crippen LogP contribution in [0.5, 0.6) is 0 Å². The van der Waals surface area contributed by atoms with Crippen LogP contribution >= 0.6 is 27.5 Å². The maximum atomic E-state index is 8.33. The van der Waals surface area contributed by atoms with Gasteiger partial charge in [-0.15, -0.1) is 0 Å². The van der Waals surface area contributed by atoms with Crippen LogP contribution in [0.15, 0.2) is 27.8 Å². The highest BCUT2D eigenvalue weighted by Crippen LogP contribution is 2.25. The number of nitrogens with one attached hydrogen (secondary N) is 1. The van der Waals surface area contributed by atoms with Crippen molar-refractivity contribution in [2.45, 2.75) is 6.42 Å². The third-order valence-corrected chi connectivity index (χ3v) is 2.58. The molecule has 0 spiro atoms. The molecule has 0 saturated heterocycles. The minimum absolute atomic E-state index is 0.189. The largest absolute Gasteiger partial charge is 0.409 e. The van der Waals surface area contributed by atoms with Crippen molar-refractivity contribution in [3.05, 3.63) is 27.7 Å². The molecule has 82 valence electrons. The molecule has 0 aliphatic heterocycles. The molecule has 0 unspecified atom stereocenters. The van der Waals surface area contributed by atoms with Gasteiger partial charge in [0.15, 0.2) is 0 Å². The molecule has 1 rings (SSSR count). The van der Waals surface area contributed by atoms with Gasteiger partial charge in [-0.3, -0.25) is 0 Å². The van der Waals surface area contributed by atoms with Crippen molar-refractivity contribution in [3.8, 4) is 0 Å². The highest BCUT2D eigenvalue weighted by atomic mass is 79.9. The average Bonchev–Trinajstić information content (AvgIpc) is 2.23. The zero-order valence-corrected chi connectivity index (χ0v) is 10.2. The van der Waals surface area contributed by atoms with E-state index < -0.39 is 0 Å². The number of rotatable bonds is 4. The van der Waals surface area contributed by atoms with Crippen LogP contribution in [0.1, 0.15) is 6.42 Å². The molecule has 1 aromatic rings. The van der Waals surface area contributed by atoms with Gasteiger partial charge in [0.1, 0.15) is 5.84 Å². The number of amidine groups is 1. The fourth-order valence-electron chi connectivity index (χ4n) is 1.01. The second kappa shape index (κ2) is 5.82. The van der Waals surface area contributed by atoms with Crippen molar-refractivity contribution >= 4 is 39.1 Å². The number of hydrogen-bond acceptors (Lipinski definition) is 3. The molecule has 0 aromatic heterocycles. The first-order chi connectivity index (χ1) is 7.13. The van der Waals surface area contributed by atoms with Crippen LogP contribution in [0.2, 0.25) is 5.02 Å². The Morgan fingerprint density at radius 3 is 3.00 bits per heavy atom. The van der Waals surface area contributed by atoms with Gasteiger partial charge in [0.05, 0.1) is 10.7 Å². The van der Waals surface area contributed by atoms with Crippen LogP contribution in [-0.4, -0.2) is 17.6 Å². The lowest BCUT2D eigenvalue weighted by molar-refractivity contribution is 0.317. The van der Waals surface area contributed by atoms with Crippen molar-refractivity contribution in [2.24, 2.45) is 10.9 Å². The van der Waals surface area contributed by atoms with Crippen molar-refractivity contribution in [1.29, 1.82) is 0 Å². The van der Waals surface area contributed by atoms with Gasteiger partial charge in [-0.1, -0.05) is 32.7 Å². The average molecular weight is 293 g/mol. The van der Waals surface area contributed by atoms with Gasteiger partial charge in [-0.2, -0.15) is 0 Å². The zero-order chi connectivity index (χ0) is 11.3. The molecule has 0 heterocycles. The van der Waals surface area contributed by atoms with E-state index in [1.807, 2.05) is 12.1 Å². The number of oxime groups is 1. The Morgan fingerprint density at radius 1 is 1.60 bits per heavy atom. The van der Waals surface area contributed by atoms with E-state index in [1.54, 1.807) is 6.07 Å². The maximum Gasteiger partial charge on any atom is 0.140 e. The van der Waals surface area contributed by atoms with E-state index in [0.717, 1.165) is 10.2 Å². The first-order valence-electron chi connectivity index (χ1n) is 4.29. The molecular formula is C9H11BrClN3O. The summed E-state index contributed by atoms with van der Waals surface area (Å²) in [5.41, 5.74) is 6.14. The first kappa shape index (κ1) is 12.1.